The fourth-order valence-electron chi connectivity index (χ4n) is 0.498. The number of nitrogens with one attached hydrogen (secondary N) is 1. The van der Waals surface area contributed by atoms with Gasteiger partial charge in [-0.25, -0.2) is 0 Å². The average Bonchev–Trinajstić information content (AvgIpc) is 1.59. The van der Waals surface area contributed by atoms with E-state index in [0.717, 1.165) is 0 Å². The lowest BCUT2D eigenvalue weighted by atomic mass is 10.4. The zero-order chi connectivity index (χ0) is 8.20. The molecule has 0 radical (unpaired) electrons. The van der Waals surface area contributed by atoms with Crippen LogP contribution in [0.1, 0.15) is 6.42 Å². The highest BCUT2D eigenvalue weighted by Gasteiger charge is 2.05. The van der Waals surface area contributed by atoms with Gasteiger partial charge in [-0.3, -0.25) is 9.39 Å². The molecule has 0 spiro atoms. The van der Waals surface area contributed by atoms with E-state index in [1.807, 2.05) is 21.1 Å². The lowest BCUT2D eigenvalue weighted by molar-refractivity contribution is -0.915. The van der Waals surface area contributed by atoms with Crippen LogP contribution >= 0.6 is 0 Å². The normalized spacial score (nSPS) is 11.5. The van der Waals surface area contributed by atoms with E-state index in [1.165, 1.54) is 0 Å². The van der Waals surface area contributed by atoms with Gasteiger partial charge in [-0.1, -0.05) is 0 Å². The maximum Gasteiger partial charge on any atom is 0.304 e. The molecule has 0 atom stereocenters. The van der Waals surface area contributed by atoms with Crippen LogP contribution in [0.3, 0.4) is 0 Å². The summed E-state index contributed by atoms with van der Waals surface area (Å²) in [6.45, 7) is 0.513. The van der Waals surface area contributed by atoms with Gasteiger partial charge in [-0.15, -0.1) is 0 Å². The second kappa shape index (κ2) is 3.53. The van der Waals surface area contributed by atoms with Crippen molar-refractivity contribution in [3.8, 4) is 0 Å². The second-order valence-electron chi connectivity index (χ2n) is 3.06. The quantitative estimate of drug-likeness (QED) is 0.423. The van der Waals surface area contributed by atoms with E-state index in [4.69, 9.17) is 5.11 Å². The molecule has 0 aromatic carbocycles. The number of rotatable bonds is 4. The summed E-state index contributed by atoms with van der Waals surface area (Å²) in [5, 5.41) is 8.26. The molecule has 0 aromatic heterocycles. The summed E-state index contributed by atoms with van der Waals surface area (Å²) in [6.07, 6.45) is 0.176. The molecule has 10 heavy (non-hydrogen) atoms. The molecule has 0 fully saturated rings. The summed E-state index contributed by atoms with van der Waals surface area (Å²) in [7, 11) is 5.84. The molecule has 0 aliphatic heterocycles. The highest BCUT2D eigenvalue weighted by atomic mass is 16.4. The smallest absolute Gasteiger partial charge is 0.304 e. The Morgan fingerprint density at radius 3 is 2.30 bits per heavy atom. The van der Waals surface area contributed by atoms with Crippen LogP contribution in [-0.4, -0.2) is 43.4 Å². The zero-order valence-corrected chi connectivity index (χ0v) is 6.72. The molecule has 0 unspecified atom stereocenters. The summed E-state index contributed by atoms with van der Waals surface area (Å²) in [6, 6.07) is 0. The third kappa shape index (κ3) is 7.39. The molecule has 0 saturated heterocycles. The van der Waals surface area contributed by atoms with Crippen LogP contribution in [0.2, 0.25) is 0 Å². The first kappa shape index (κ1) is 9.39. The SMILES string of the molecule is C[N+](C)(C)NCCC(=O)O. The molecule has 60 valence electrons. The van der Waals surface area contributed by atoms with E-state index in [9.17, 15) is 4.79 Å². The maximum absolute atomic E-state index is 10.0. The van der Waals surface area contributed by atoms with Crippen LogP contribution in [0.5, 0.6) is 0 Å². The molecule has 0 bridgehead atoms. The number of carboxylic acids is 1. The summed E-state index contributed by atoms with van der Waals surface area (Å²) >= 11 is 0. The maximum atomic E-state index is 10.0. The van der Waals surface area contributed by atoms with Crippen LogP contribution < -0.4 is 5.43 Å². The first-order valence-electron chi connectivity index (χ1n) is 3.20. The number of hydrogen-bond acceptors (Lipinski definition) is 2. The van der Waals surface area contributed by atoms with E-state index in [0.29, 0.717) is 11.1 Å². The van der Waals surface area contributed by atoms with Crippen molar-refractivity contribution in [3.05, 3.63) is 0 Å². The molecule has 0 rings (SSSR count). The Morgan fingerprint density at radius 1 is 1.50 bits per heavy atom. The van der Waals surface area contributed by atoms with E-state index >= 15 is 0 Å². The fourth-order valence-corrected chi connectivity index (χ4v) is 0.498. The number of carboxylic acid groups (broad SMARTS) is 1. The first-order valence-corrected chi connectivity index (χ1v) is 3.20. The van der Waals surface area contributed by atoms with Gasteiger partial charge in [0.25, 0.3) is 0 Å². The van der Waals surface area contributed by atoms with E-state index in [-0.39, 0.29) is 6.42 Å². The van der Waals surface area contributed by atoms with Crippen molar-refractivity contribution in [1.82, 2.24) is 5.43 Å². The molecule has 0 heterocycles. The Labute approximate surface area is 61.0 Å². The highest BCUT2D eigenvalue weighted by Crippen LogP contribution is 1.82. The third-order valence-electron chi connectivity index (χ3n) is 0.925. The number of quaternary nitrogens is 1. The van der Waals surface area contributed by atoms with Crippen molar-refractivity contribution >= 4 is 5.97 Å². The van der Waals surface area contributed by atoms with Crippen LogP contribution in [0.15, 0.2) is 0 Å². The summed E-state index contributed by atoms with van der Waals surface area (Å²) in [5.41, 5.74) is 3.01. The summed E-state index contributed by atoms with van der Waals surface area (Å²) in [4.78, 5) is 10.0. The van der Waals surface area contributed by atoms with Crippen molar-refractivity contribution in [2.45, 2.75) is 6.42 Å². The Hall–Kier alpha value is -0.610. The van der Waals surface area contributed by atoms with E-state index in [2.05, 4.69) is 5.43 Å². The molecule has 0 aliphatic carbocycles. The molecule has 2 N–H and O–H groups in total. The van der Waals surface area contributed by atoms with Gasteiger partial charge in [0.2, 0.25) is 0 Å². The summed E-state index contributed by atoms with van der Waals surface area (Å²) in [5.74, 6) is -0.763. The first-order chi connectivity index (χ1) is 4.42. The van der Waals surface area contributed by atoms with Crippen molar-refractivity contribution in [3.63, 3.8) is 0 Å². The van der Waals surface area contributed by atoms with Crippen molar-refractivity contribution in [1.29, 1.82) is 0 Å². The van der Waals surface area contributed by atoms with Gasteiger partial charge < -0.3 is 5.11 Å². The van der Waals surface area contributed by atoms with Gasteiger partial charge >= 0.3 is 5.97 Å². The van der Waals surface area contributed by atoms with Crippen LogP contribution in [0.25, 0.3) is 0 Å². The van der Waals surface area contributed by atoms with Gasteiger partial charge in [0.05, 0.1) is 34.1 Å². The molecular formula is C6H15N2O2+. The van der Waals surface area contributed by atoms with Crippen molar-refractivity contribution in [2.24, 2.45) is 0 Å². The average molecular weight is 147 g/mol. The Bertz CT molecular complexity index is 117. The third-order valence-corrected chi connectivity index (χ3v) is 0.925. The molecule has 0 aliphatic rings. The van der Waals surface area contributed by atoms with Crippen LogP contribution in [-0.2, 0) is 4.79 Å². The van der Waals surface area contributed by atoms with Gasteiger partial charge in [0.15, 0.2) is 0 Å². The number of aliphatic carboxylic acids is 1. The molecule has 4 heteroatoms. The second-order valence-corrected chi connectivity index (χ2v) is 3.06. The highest BCUT2D eigenvalue weighted by molar-refractivity contribution is 5.66. The topological polar surface area (TPSA) is 49.3 Å². The zero-order valence-electron chi connectivity index (χ0n) is 6.72. The molecule has 4 nitrogen and oxygen atoms in total. The summed E-state index contributed by atoms with van der Waals surface area (Å²) < 4.78 is 0.591. The van der Waals surface area contributed by atoms with E-state index in [1.54, 1.807) is 0 Å². The Balaban J connectivity index is 3.29. The predicted molar refractivity (Wildman–Crippen MR) is 38.3 cm³/mol. The minimum Gasteiger partial charge on any atom is -0.481 e. The lowest BCUT2D eigenvalue weighted by Crippen LogP contribution is -2.48. The van der Waals surface area contributed by atoms with Crippen LogP contribution in [0, 0.1) is 0 Å². The largest absolute Gasteiger partial charge is 0.481 e. The standard InChI is InChI=1S/C6H14N2O2/c1-8(2,3)7-5-4-6(9)10/h7H,4-5H2,1-3H3/p+1. The van der Waals surface area contributed by atoms with Crippen molar-refractivity contribution < 1.29 is 14.5 Å². The minimum absolute atomic E-state index is 0.176. The van der Waals surface area contributed by atoms with Crippen molar-refractivity contribution in [2.75, 3.05) is 27.7 Å². The van der Waals surface area contributed by atoms with E-state index < -0.39 is 5.97 Å². The monoisotopic (exact) mass is 147 g/mol. The fraction of sp³-hybridized carbons (Fsp3) is 0.833. The Kier molecular flexibility index (Phi) is 3.32. The Morgan fingerprint density at radius 2 is 2.00 bits per heavy atom. The lowest BCUT2D eigenvalue weighted by Gasteiger charge is -2.23. The van der Waals surface area contributed by atoms with Gasteiger partial charge in [-0.05, 0) is 0 Å². The van der Waals surface area contributed by atoms with Gasteiger partial charge in [-0.2, -0.15) is 5.43 Å². The van der Waals surface area contributed by atoms with Gasteiger partial charge in [0, 0.05) is 0 Å². The van der Waals surface area contributed by atoms with Gasteiger partial charge in [0.1, 0.15) is 0 Å². The molecule has 0 saturated carbocycles. The number of nitrogens with zero attached hydrogens (tertiary/aromatic N) is 1. The minimum atomic E-state index is -0.763. The molecule has 0 amide bonds. The van der Waals surface area contributed by atoms with Crippen LogP contribution in [0.4, 0.5) is 0 Å². The molecule has 0 aromatic rings. The number of hydrogen-bond donors (Lipinski definition) is 2. The molecular weight excluding hydrogens is 132 g/mol. The number of carbonyl (C=O) groups is 1. The predicted octanol–water partition coefficient (Wildman–Crippen LogP) is -0.328.